The fourth-order valence-electron chi connectivity index (χ4n) is 11.3. The van der Waals surface area contributed by atoms with Crippen molar-refractivity contribution < 1.29 is 4.57 Å². The van der Waals surface area contributed by atoms with Crippen LogP contribution >= 0.6 is 0 Å². The van der Waals surface area contributed by atoms with Gasteiger partial charge in [-0.1, -0.05) is 156 Å². The predicted octanol–water partition coefficient (Wildman–Crippen LogP) is 16.8. The zero-order valence-electron chi connectivity index (χ0n) is 41.1. The Morgan fingerprint density at radius 1 is 0.632 bits per heavy atom. The van der Waals surface area contributed by atoms with Gasteiger partial charge in [0.15, 0.2) is 0 Å². The number of aromatic nitrogens is 1. The monoisotopic (exact) mass is 895 g/mol. The Labute approximate surface area is 408 Å². The summed E-state index contributed by atoms with van der Waals surface area (Å²) >= 11 is 0. The van der Waals surface area contributed by atoms with E-state index in [2.05, 4.69) is 205 Å². The molecule has 3 heteroatoms. The maximum atomic E-state index is 2.60. The molecule has 3 aliphatic carbocycles. The summed E-state index contributed by atoms with van der Waals surface area (Å²) in [6.07, 6.45) is 40.3. The van der Waals surface area contributed by atoms with Gasteiger partial charge in [0.1, 0.15) is 6.54 Å². The summed E-state index contributed by atoms with van der Waals surface area (Å²) in [4.78, 5) is 5.19. The lowest BCUT2D eigenvalue weighted by molar-refractivity contribution is -0.673. The number of pyridine rings is 1. The second-order valence-electron chi connectivity index (χ2n) is 20.3. The standard InChI is InChI=1S/C65H72N3/c1-4-5-18-43-66-54(36-33-51-23-9-14-28-63(51)66)39-41-59-57-26-12-13-27-58(57)60(42-40-55-37-34-52-24-10-15-29-64(52)67(55)45-20-17-21-48(2)61-46-49(61)3)62(59)47-56-38-35-53-25-11-16-30-65(53)68(56)44-19-7-6-8-22-50-31-32-50/h9-16,23-31,33-42,47-49,61H,4-8,17-22,32,43-46H2,1-3H3/q+1. The summed E-state index contributed by atoms with van der Waals surface area (Å²) in [7, 11) is 0. The highest BCUT2D eigenvalue weighted by Crippen LogP contribution is 2.46. The van der Waals surface area contributed by atoms with E-state index in [1.807, 2.05) is 0 Å². The smallest absolute Gasteiger partial charge is 0.212 e. The van der Waals surface area contributed by atoms with Crippen molar-refractivity contribution in [1.82, 2.24) is 0 Å². The summed E-state index contributed by atoms with van der Waals surface area (Å²) < 4.78 is 2.54. The predicted molar refractivity (Wildman–Crippen MR) is 292 cm³/mol. The van der Waals surface area contributed by atoms with Crippen LogP contribution in [-0.2, 0) is 6.54 Å². The van der Waals surface area contributed by atoms with Gasteiger partial charge >= 0.3 is 0 Å². The number of allylic oxidation sites excluding steroid dienone is 11. The van der Waals surface area contributed by atoms with Crippen LogP contribution in [0.25, 0.3) is 40.3 Å². The summed E-state index contributed by atoms with van der Waals surface area (Å²) in [5.41, 5.74) is 18.3. The number of fused-ring (bicyclic) bond motifs is 4. The molecule has 0 bridgehead atoms. The van der Waals surface area contributed by atoms with Gasteiger partial charge in [-0.15, -0.1) is 0 Å². The zero-order chi connectivity index (χ0) is 46.2. The number of para-hydroxylation sites is 3. The highest BCUT2D eigenvalue weighted by molar-refractivity contribution is 6.06. The quantitative estimate of drug-likeness (QED) is 0.0413. The second-order valence-corrected chi connectivity index (χ2v) is 20.3. The molecule has 1 fully saturated rings. The number of nitrogens with zero attached hydrogens (tertiary/aromatic N) is 3. The van der Waals surface area contributed by atoms with Crippen molar-refractivity contribution in [1.29, 1.82) is 0 Å². The van der Waals surface area contributed by atoms with Crippen molar-refractivity contribution in [2.24, 2.45) is 17.8 Å². The van der Waals surface area contributed by atoms with Gasteiger partial charge in [0.2, 0.25) is 11.2 Å². The zero-order valence-corrected chi connectivity index (χ0v) is 41.1. The third-order valence-corrected chi connectivity index (χ3v) is 15.4. The minimum Gasteiger partial charge on any atom is -0.341 e. The van der Waals surface area contributed by atoms with Gasteiger partial charge in [0.05, 0.1) is 0 Å². The molecule has 346 valence electrons. The number of aryl methyl sites for hydroxylation is 1. The van der Waals surface area contributed by atoms with E-state index in [1.54, 1.807) is 5.57 Å². The Morgan fingerprint density at radius 2 is 1.29 bits per heavy atom. The first-order valence-corrected chi connectivity index (χ1v) is 26.4. The van der Waals surface area contributed by atoms with E-state index >= 15 is 0 Å². The van der Waals surface area contributed by atoms with E-state index in [1.165, 1.54) is 155 Å². The molecule has 0 amide bonds. The highest BCUT2D eigenvalue weighted by Gasteiger charge is 2.36. The van der Waals surface area contributed by atoms with E-state index in [9.17, 15) is 0 Å². The lowest BCUT2D eigenvalue weighted by atomic mass is 9.97. The van der Waals surface area contributed by atoms with Crippen LogP contribution in [0.5, 0.6) is 0 Å². The molecule has 1 saturated carbocycles. The molecule has 5 aliphatic rings. The van der Waals surface area contributed by atoms with Crippen LogP contribution in [0, 0.1) is 17.8 Å². The molecule has 3 atom stereocenters. The van der Waals surface area contributed by atoms with Gasteiger partial charge in [-0.25, -0.2) is 0 Å². The SMILES string of the molecule is CCCCC[n+]1c(C=CC2=C(C=C3C=Cc4ccccc4N3CCCCCCC3=CC3)C(=CC=C3C=Cc4ccccc4N3CCCCC(C)C3CC3C)c3ccccc32)ccc2ccccc21. The first kappa shape index (κ1) is 45.6. The molecule has 0 N–H and O–H groups in total. The van der Waals surface area contributed by atoms with Gasteiger partial charge in [0.25, 0.3) is 0 Å². The van der Waals surface area contributed by atoms with Gasteiger partial charge in [-0.2, -0.15) is 4.57 Å². The van der Waals surface area contributed by atoms with E-state index in [-0.39, 0.29) is 0 Å². The number of rotatable bonds is 21. The minimum atomic E-state index is 0.828. The number of hydrogen-bond acceptors (Lipinski definition) is 2. The Balaban J connectivity index is 1.05. The lowest BCUT2D eigenvalue weighted by Gasteiger charge is -2.31. The number of anilines is 2. The Bertz CT molecular complexity index is 2870. The fraction of sp³-hybridized carbons (Fsp3) is 0.338. The van der Waals surface area contributed by atoms with Crippen molar-refractivity contribution in [3.63, 3.8) is 0 Å². The van der Waals surface area contributed by atoms with Crippen molar-refractivity contribution in [3.05, 3.63) is 202 Å². The summed E-state index contributed by atoms with van der Waals surface area (Å²) in [5.74, 6) is 2.68. The molecule has 0 saturated heterocycles. The molecule has 3 heterocycles. The second kappa shape index (κ2) is 21.4. The average Bonchev–Trinajstić information content (AvgIpc) is 4.32. The van der Waals surface area contributed by atoms with Crippen LogP contribution in [0.1, 0.15) is 132 Å². The van der Waals surface area contributed by atoms with E-state index in [0.717, 1.165) is 43.8 Å². The maximum Gasteiger partial charge on any atom is 0.212 e. The largest absolute Gasteiger partial charge is 0.341 e. The molecule has 2 aliphatic heterocycles. The third-order valence-electron chi connectivity index (χ3n) is 15.4. The highest BCUT2D eigenvalue weighted by atomic mass is 15.1. The fourth-order valence-corrected chi connectivity index (χ4v) is 11.3. The lowest BCUT2D eigenvalue weighted by Crippen LogP contribution is -2.38. The van der Waals surface area contributed by atoms with Crippen LogP contribution in [0.3, 0.4) is 0 Å². The van der Waals surface area contributed by atoms with Crippen LogP contribution in [0.2, 0.25) is 0 Å². The molecule has 3 unspecified atom stereocenters. The van der Waals surface area contributed by atoms with E-state index in [0.29, 0.717) is 0 Å². The Morgan fingerprint density at radius 3 is 2.04 bits per heavy atom. The van der Waals surface area contributed by atoms with Crippen LogP contribution < -0.4 is 14.4 Å². The molecule has 68 heavy (non-hydrogen) atoms. The van der Waals surface area contributed by atoms with Crippen molar-refractivity contribution in [2.75, 3.05) is 22.9 Å². The minimum absolute atomic E-state index is 0.828. The first-order chi connectivity index (χ1) is 33.5. The number of hydrogen-bond donors (Lipinski definition) is 0. The summed E-state index contributed by atoms with van der Waals surface area (Å²) in [6, 6.07) is 40.5. The third kappa shape index (κ3) is 10.4. The first-order valence-electron chi connectivity index (χ1n) is 26.4. The van der Waals surface area contributed by atoms with Gasteiger partial charge in [-0.3, -0.25) is 0 Å². The maximum absolute atomic E-state index is 2.60. The normalized spacial score (nSPS) is 20.2. The van der Waals surface area contributed by atoms with Crippen LogP contribution in [0.4, 0.5) is 11.4 Å². The van der Waals surface area contributed by atoms with Gasteiger partial charge < -0.3 is 9.80 Å². The summed E-state index contributed by atoms with van der Waals surface area (Å²) in [5, 5.41) is 1.29. The number of benzene rings is 4. The molecule has 3 nitrogen and oxygen atoms in total. The molecule has 0 radical (unpaired) electrons. The Kier molecular flexibility index (Phi) is 14.3. The summed E-state index contributed by atoms with van der Waals surface area (Å²) in [6.45, 7) is 10.2. The molecular formula is C65H72N3+. The van der Waals surface area contributed by atoms with Crippen molar-refractivity contribution >= 4 is 51.7 Å². The Hall–Kier alpha value is -6.19. The molecule has 1 aromatic heterocycles. The molecule has 0 spiro atoms. The molecule has 5 aromatic rings. The number of unbranched alkanes of at least 4 members (excludes halogenated alkanes) is 6. The van der Waals surface area contributed by atoms with E-state index in [4.69, 9.17) is 0 Å². The van der Waals surface area contributed by atoms with E-state index < -0.39 is 0 Å². The molecule has 4 aromatic carbocycles. The van der Waals surface area contributed by atoms with Gasteiger partial charge in [-0.05, 0) is 156 Å². The van der Waals surface area contributed by atoms with Crippen LogP contribution in [-0.4, -0.2) is 13.1 Å². The van der Waals surface area contributed by atoms with Crippen molar-refractivity contribution in [3.8, 4) is 0 Å². The molecular weight excluding hydrogens is 823 g/mol. The van der Waals surface area contributed by atoms with Gasteiger partial charge in [0, 0.05) is 65.9 Å². The average molecular weight is 895 g/mol. The van der Waals surface area contributed by atoms with Crippen molar-refractivity contribution in [2.45, 2.75) is 111 Å². The topological polar surface area (TPSA) is 10.4 Å². The van der Waals surface area contributed by atoms with Crippen LogP contribution in [0.15, 0.2) is 174 Å². The molecule has 10 rings (SSSR count).